The first-order valence-corrected chi connectivity index (χ1v) is 15.5. The highest BCUT2D eigenvalue weighted by molar-refractivity contribution is 8.16. The van der Waals surface area contributed by atoms with Crippen molar-refractivity contribution in [1.29, 1.82) is 0 Å². The number of rotatable bonds is 6. The van der Waals surface area contributed by atoms with Crippen molar-refractivity contribution < 1.29 is 18.2 Å². The zero-order valence-corrected chi connectivity index (χ0v) is 19.3. The standard InChI is InChI=1S/C15H27N5O4S2Si/c1-19-15(16-17-18-19)25(3)8-10-9-26(23-2)12-7-11(21)20(12)13(10)14(22)24-27(4,5)6/h12,25-26H,7-9H2,1-6H3. The Morgan fingerprint density at radius 2 is 2.11 bits per heavy atom. The Morgan fingerprint density at radius 1 is 1.41 bits per heavy atom. The van der Waals surface area contributed by atoms with Crippen LogP contribution in [0.25, 0.3) is 0 Å². The number of thiol groups is 2. The van der Waals surface area contributed by atoms with Gasteiger partial charge in [0.05, 0.1) is 11.8 Å². The van der Waals surface area contributed by atoms with E-state index in [1.54, 1.807) is 23.7 Å². The molecule has 27 heavy (non-hydrogen) atoms. The van der Waals surface area contributed by atoms with Crippen LogP contribution in [0.5, 0.6) is 0 Å². The minimum absolute atomic E-state index is 0.0231. The summed E-state index contributed by atoms with van der Waals surface area (Å²) in [6.45, 7) is 5.88. The molecule has 1 fully saturated rings. The Bertz CT molecular complexity index is 793. The fraction of sp³-hybridized carbons (Fsp3) is 0.667. The normalized spacial score (nSPS) is 25.8. The molecule has 152 valence electrons. The van der Waals surface area contributed by atoms with Gasteiger partial charge in [-0.25, -0.2) is 9.48 Å². The molecule has 3 atom stereocenters. The maximum absolute atomic E-state index is 13.0. The number of aromatic nitrogens is 4. The average Bonchev–Trinajstić information content (AvgIpc) is 2.98. The third kappa shape index (κ3) is 4.07. The Labute approximate surface area is 165 Å². The summed E-state index contributed by atoms with van der Waals surface area (Å²) in [6, 6.07) is 0. The van der Waals surface area contributed by atoms with Crippen LogP contribution in [0.4, 0.5) is 0 Å². The van der Waals surface area contributed by atoms with E-state index >= 15 is 0 Å². The number of hydrogen-bond donors (Lipinski definition) is 2. The van der Waals surface area contributed by atoms with Gasteiger partial charge in [-0.15, -0.1) is 16.3 Å². The third-order valence-corrected chi connectivity index (χ3v) is 9.33. The lowest BCUT2D eigenvalue weighted by Gasteiger charge is -2.50. The van der Waals surface area contributed by atoms with Crippen molar-refractivity contribution in [2.24, 2.45) is 7.05 Å². The molecule has 2 aliphatic heterocycles. The molecule has 0 aromatic carbocycles. The Hall–Kier alpha value is -1.37. The second-order valence-electron chi connectivity index (χ2n) is 7.62. The predicted molar refractivity (Wildman–Crippen MR) is 109 cm³/mol. The number of carbonyl (C=O) groups is 2. The van der Waals surface area contributed by atoms with Crippen LogP contribution in [0.3, 0.4) is 0 Å². The lowest BCUT2D eigenvalue weighted by atomic mass is 10.1. The van der Waals surface area contributed by atoms with E-state index in [-0.39, 0.29) is 17.3 Å². The van der Waals surface area contributed by atoms with E-state index in [4.69, 9.17) is 8.61 Å². The van der Waals surface area contributed by atoms with Gasteiger partial charge in [0.2, 0.25) is 14.2 Å². The molecule has 0 N–H and O–H groups in total. The molecule has 0 bridgehead atoms. The zero-order valence-electron chi connectivity index (χ0n) is 16.5. The van der Waals surface area contributed by atoms with Crippen molar-refractivity contribution in [3.05, 3.63) is 11.3 Å². The summed E-state index contributed by atoms with van der Waals surface area (Å²) in [5.74, 6) is 0.893. The van der Waals surface area contributed by atoms with E-state index in [0.29, 0.717) is 23.6 Å². The molecule has 0 spiro atoms. The summed E-state index contributed by atoms with van der Waals surface area (Å²) in [6.07, 6.45) is 2.51. The quantitative estimate of drug-likeness (QED) is 0.392. The molecule has 1 saturated heterocycles. The second-order valence-corrected chi connectivity index (χ2v) is 16.3. The first-order valence-electron chi connectivity index (χ1n) is 8.64. The molecule has 3 rings (SSSR count). The summed E-state index contributed by atoms with van der Waals surface area (Å²) < 4.78 is 13.1. The van der Waals surface area contributed by atoms with Crippen molar-refractivity contribution in [3.8, 4) is 0 Å². The highest BCUT2D eigenvalue weighted by Crippen LogP contribution is 2.51. The molecule has 12 heteroatoms. The Morgan fingerprint density at radius 3 is 2.63 bits per heavy atom. The maximum atomic E-state index is 13.0. The van der Waals surface area contributed by atoms with Gasteiger partial charge in [-0.05, 0) is 41.9 Å². The molecule has 1 aromatic heterocycles. The molecule has 0 saturated carbocycles. The molecule has 0 aliphatic carbocycles. The number of amides is 1. The van der Waals surface area contributed by atoms with E-state index in [1.165, 1.54) is 0 Å². The smallest absolute Gasteiger partial charge is 0.341 e. The fourth-order valence-electron chi connectivity index (χ4n) is 3.23. The van der Waals surface area contributed by atoms with Crippen LogP contribution in [0.2, 0.25) is 19.6 Å². The van der Waals surface area contributed by atoms with E-state index in [2.05, 4.69) is 21.8 Å². The highest BCUT2D eigenvalue weighted by atomic mass is 32.2. The SMILES string of the molecule is CO[SH]1CC(C[SH](C)c2nnnn2C)=C(C(=O)O[Si](C)(C)C)N2C(=O)CC21. The van der Waals surface area contributed by atoms with E-state index in [1.807, 2.05) is 19.6 Å². The lowest BCUT2D eigenvalue weighted by molar-refractivity contribution is -0.145. The van der Waals surface area contributed by atoms with Gasteiger partial charge < -0.3 is 8.61 Å². The van der Waals surface area contributed by atoms with Gasteiger partial charge in [0, 0.05) is 25.7 Å². The topological polar surface area (TPSA) is 99.4 Å². The van der Waals surface area contributed by atoms with Crippen LogP contribution in [0.15, 0.2) is 16.4 Å². The molecular weight excluding hydrogens is 406 g/mol. The number of tetrazole rings is 1. The number of β-lactam (4-membered cyclic amide) rings is 1. The number of aryl methyl sites for hydroxylation is 1. The summed E-state index contributed by atoms with van der Waals surface area (Å²) >= 11 is -0.827. The second kappa shape index (κ2) is 7.57. The van der Waals surface area contributed by atoms with E-state index < -0.39 is 30.4 Å². The molecule has 9 nitrogen and oxygen atoms in total. The van der Waals surface area contributed by atoms with Gasteiger partial charge in [-0.3, -0.25) is 9.69 Å². The van der Waals surface area contributed by atoms with Gasteiger partial charge in [0.15, 0.2) is 5.16 Å². The molecule has 3 heterocycles. The number of fused-ring (bicyclic) bond motifs is 1. The van der Waals surface area contributed by atoms with Crippen molar-refractivity contribution >= 4 is 42.3 Å². The van der Waals surface area contributed by atoms with Gasteiger partial charge in [0.25, 0.3) is 0 Å². The summed E-state index contributed by atoms with van der Waals surface area (Å²) in [5, 5.41) is 12.5. The molecule has 3 unspecified atom stereocenters. The number of nitrogens with zero attached hydrogens (tertiary/aromatic N) is 5. The van der Waals surface area contributed by atoms with Crippen molar-refractivity contribution in [2.45, 2.75) is 36.6 Å². The zero-order chi connectivity index (χ0) is 19.9. The lowest BCUT2D eigenvalue weighted by Crippen LogP contribution is -2.56. The van der Waals surface area contributed by atoms with Crippen molar-refractivity contribution in [2.75, 3.05) is 24.9 Å². The van der Waals surface area contributed by atoms with Crippen molar-refractivity contribution in [3.63, 3.8) is 0 Å². The van der Waals surface area contributed by atoms with Gasteiger partial charge >= 0.3 is 5.97 Å². The van der Waals surface area contributed by atoms with Gasteiger partial charge in [-0.1, -0.05) is 0 Å². The summed E-state index contributed by atoms with van der Waals surface area (Å²) in [7, 11) is 0.669. The fourth-order valence-corrected chi connectivity index (χ4v) is 7.84. The van der Waals surface area contributed by atoms with Crippen LogP contribution >= 0.6 is 22.1 Å². The molecule has 1 aromatic rings. The van der Waals surface area contributed by atoms with Gasteiger partial charge in [0.1, 0.15) is 5.70 Å². The van der Waals surface area contributed by atoms with Crippen molar-refractivity contribution in [1.82, 2.24) is 25.1 Å². The number of carbonyl (C=O) groups excluding carboxylic acids is 2. The summed E-state index contributed by atoms with van der Waals surface area (Å²) in [4.78, 5) is 26.9. The van der Waals surface area contributed by atoms with Crippen LogP contribution < -0.4 is 0 Å². The first kappa shape index (κ1) is 20.4. The Balaban J connectivity index is 1.97. The minimum Gasteiger partial charge on any atom is -0.515 e. The molecule has 0 radical (unpaired) electrons. The summed E-state index contributed by atoms with van der Waals surface area (Å²) in [5.41, 5.74) is 1.35. The minimum atomic E-state index is -2.09. The van der Waals surface area contributed by atoms with Crippen LogP contribution in [-0.4, -0.2) is 75.5 Å². The van der Waals surface area contributed by atoms with E-state index in [0.717, 1.165) is 10.7 Å². The van der Waals surface area contributed by atoms with Crippen LogP contribution in [0.1, 0.15) is 6.42 Å². The molecular formula is C15H27N5O4S2Si. The Kier molecular flexibility index (Phi) is 5.71. The highest BCUT2D eigenvalue weighted by Gasteiger charge is 2.49. The maximum Gasteiger partial charge on any atom is 0.341 e. The third-order valence-electron chi connectivity index (χ3n) is 4.37. The number of hydrogen-bond acceptors (Lipinski definition) is 7. The van der Waals surface area contributed by atoms with Crippen LogP contribution in [0, 0.1) is 0 Å². The molecule has 1 amide bonds. The van der Waals surface area contributed by atoms with Gasteiger partial charge in [-0.2, -0.15) is 10.9 Å². The predicted octanol–water partition coefficient (Wildman–Crippen LogP) is 0.967. The molecule has 2 aliphatic rings. The monoisotopic (exact) mass is 433 g/mol. The largest absolute Gasteiger partial charge is 0.515 e. The van der Waals surface area contributed by atoms with Crippen LogP contribution in [-0.2, 0) is 25.2 Å². The first-order chi connectivity index (χ1) is 12.6. The average molecular weight is 434 g/mol. The van der Waals surface area contributed by atoms with E-state index in [9.17, 15) is 9.59 Å².